The normalized spacial score (nSPS) is 16.7. The van der Waals surface area contributed by atoms with E-state index in [4.69, 9.17) is 15.7 Å². The van der Waals surface area contributed by atoms with Gasteiger partial charge in [0.1, 0.15) is 12.0 Å². The van der Waals surface area contributed by atoms with E-state index in [2.05, 4.69) is 6.07 Å². The molecule has 92 valence electrons. The Labute approximate surface area is 104 Å². The minimum Gasteiger partial charge on any atom is -0.484 e. The molecule has 1 aliphatic carbocycles. The highest BCUT2D eigenvalue weighted by Crippen LogP contribution is 2.32. The van der Waals surface area contributed by atoms with Crippen LogP contribution < -0.4 is 10.5 Å². The summed E-state index contributed by atoms with van der Waals surface area (Å²) in [5, 5.41) is 9.08. The van der Waals surface area contributed by atoms with Gasteiger partial charge in [0.15, 0.2) is 6.61 Å². The quantitative estimate of drug-likeness (QED) is 0.772. The van der Waals surface area contributed by atoms with Gasteiger partial charge in [-0.15, -0.1) is 0 Å². The molecule has 18 heavy (non-hydrogen) atoms. The lowest BCUT2D eigenvalue weighted by molar-refractivity contribution is -0.120. The Kier molecular flexibility index (Phi) is 3.28. The number of aldehydes is 1. The van der Waals surface area contributed by atoms with E-state index >= 15 is 0 Å². The average molecular weight is 244 g/mol. The second-order valence-corrected chi connectivity index (χ2v) is 4.28. The third-order valence-corrected chi connectivity index (χ3v) is 2.96. The maximum absolute atomic E-state index is 10.8. The number of hydrogen-bond donors (Lipinski definition) is 1. The summed E-state index contributed by atoms with van der Waals surface area (Å²) in [6, 6.07) is 5.43. The number of nitrogens with two attached hydrogens (primary N) is 1. The number of carbonyl (C=O) groups is 2. The fourth-order valence-corrected chi connectivity index (χ4v) is 2.18. The van der Waals surface area contributed by atoms with Crippen molar-refractivity contribution in [2.24, 2.45) is 11.7 Å². The average Bonchev–Trinajstić information content (AvgIpc) is 2.78. The van der Waals surface area contributed by atoms with Gasteiger partial charge in [-0.3, -0.25) is 4.79 Å². The highest BCUT2D eigenvalue weighted by Gasteiger charge is 2.24. The summed E-state index contributed by atoms with van der Waals surface area (Å²) >= 11 is 0. The maximum atomic E-state index is 10.8. The first-order valence-corrected chi connectivity index (χ1v) is 5.56. The molecule has 0 fully saturated rings. The Hall–Kier alpha value is -2.35. The molecule has 0 saturated carbocycles. The summed E-state index contributed by atoms with van der Waals surface area (Å²) in [6.45, 7) is -0.221. The van der Waals surface area contributed by atoms with Crippen molar-refractivity contribution in [1.29, 1.82) is 5.26 Å². The molecule has 1 aromatic carbocycles. The molecule has 0 aromatic heterocycles. The summed E-state index contributed by atoms with van der Waals surface area (Å²) < 4.78 is 5.19. The molecule has 2 rings (SSSR count). The molecular formula is C13H12N2O3. The Morgan fingerprint density at radius 1 is 1.56 bits per heavy atom. The van der Waals surface area contributed by atoms with E-state index in [1.54, 1.807) is 12.1 Å². The number of nitrogens with zero attached hydrogens (tertiary/aromatic N) is 1. The highest BCUT2D eigenvalue weighted by molar-refractivity contribution is 5.75. The highest BCUT2D eigenvalue weighted by atomic mass is 16.5. The predicted molar refractivity (Wildman–Crippen MR) is 62.8 cm³/mol. The Morgan fingerprint density at radius 2 is 2.33 bits per heavy atom. The molecule has 0 aliphatic heterocycles. The van der Waals surface area contributed by atoms with E-state index < -0.39 is 5.91 Å². The van der Waals surface area contributed by atoms with Crippen LogP contribution in [0.1, 0.15) is 16.7 Å². The third kappa shape index (κ3) is 2.33. The van der Waals surface area contributed by atoms with Gasteiger partial charge in [0.25, 0.3) is 5.91 Å². The number of nitriles is 1. The van der Waals surface area contributed by atoms with E-state index in [1.165, 1.54) is 0 Å². The third-order valence-electron chi connectivity index (χ3n) is 2.96. The van der Waals surface area contributed by atoms with Gasteiger partial charge >= 0.3 is 0 Å². The van der Waals surface area contributed by atoms with Crippen molar-refractivity contribution in [2.75, 3.05) is 6.61 Å². The smallest absolute Gasteiger partial charge is 0.255 e. The van der Waals surface area contributed by atoms with Crippen molar-refractivity contribution in [3.8, 4) is 11.8 Å². The van der Waals surface area contributed by atoms with Crippen LogP contribution in [0.2, 0.25) is 0 Å². The molecular weight excluding hydrogens is 232 g/mol. The second-order valence-electron chi connectivity index (χ2n) is 4.28. The van der Waals surface area contributed by atoms with Gasteiger partial charge in [-0.2, -0.15) is 5.26 Å². The number of amides is 1. The van der Waals surface area contributed by atoms with Gasteiger partial charge in [-0.05, 0) is 36.1 Å². The molecule has 2 N–H and O–H groups in total. The number of benzene rings is 1. The van der Waals surface area contributed by atoms with Crippen LogP contribution >= 0.6 is 0 Å². The zero-order valence-electron chi connectivity index (χ0n) is 9.68. The first kappa shape index (κ1) is 12.1. The van der Waals surface area contributed by atoms with Gasteiger partial charge < -0.3 is 15.3 Å². The number of hydrogen-bond acceptors (Lipinski definition) is 4. The summed E-state index contributed by atoms with van der Waals surface area (Å²) in [4.78, 5) is 21.4. The van der Waals surface area contributed by atoms with Gasteiger partial charge in [0, 0.05) is 5.92 Å². The zero-order valence-corrected chi connectivity index (χ0v) is 9.68. The van der Waals surface area contributed by atoms with Crippen LogP contribution in [-0.2, 0) is 22.4 Å². The largest absolute Gasteiger partial charge is 0.484 e. The summed E-state index contributed by atoms with van der Waals surface area (Å²) in [5.41, 5.74) is 7.33. The van der Waals surface area contributed by atoms with Crippen molar-refractivity contribution in [1.82, 2.24) is 0 Å². The van der Waals surface area contributed by atoms with Crippen LogP contribution in [0.25, 0.3) is 0 Å². The van der Waals surface area contributed by atoms with Gasteiger partial charge in [0.2, 0.25) is 0 Å². The van der Waals surface area contributed by atoms with Crippen LogP contribution in [0.3, 0.4) is 0 Å². The fourth-order valence-electron chi connectivity index (χ4n) is 2.18. The van der Waals surface area contributed by atoms with Crippen molar-refractivity contribution < 1.29 is 14.3 Å². The Morgan fingerprint density at radius 3 is 2.94 bits per heavy atom. The van der Waals surface area contributed by atoms with Gasteiger partial charge in [-0.25, -0.2) is 0 Å². The standard InChI is InChI=1S/C13H12N2O3/c14-5-10-4-11(18-7-13(15)17)3-9-1-8(6-16)2-12(9)10/h3-4,6,8H,1-2,7H2,(H2,15,17). The number of carbonyl (C=O) groups excluding carboxylic acids is 2. The van der Waals surface area contributed by atoms with Crippen molar-refractivity contribution in [2.45, 2.75) is 12.8 Å². The van der Waals surface area contributed by atoms with E-state index in [9.17, 15) is 9.59 Å². The van der Waals surface area contributed by atoms with Gasteiger partial charge in [0.05, 0.1) is 11.6 Å². The lowest BCUT2D eigenvalue weighted by Crippen LogP contribution is -2.20. The van der Waals surface area contributed by atoms with Crippen LogP contribution in [0, 0.1) is 17.2 Å². The fraction of sp³-hybridized carbons (Fsp3) is 0.308. The minimum absolute atomic E-state index is 0.0708. The van der Waals surface area contributed by atoms with Crippen molar-refractivity contribution in [3.05, 3.63) is 28.8 Å². The van der Waals surface area contributed by atoms with Crippen LogP contribution in [0.5, 0.6) is 5.75 Å². The van der Waals surface area contributed by atoms with E-state index in [0.29, 0.717) is 24.2 Å². The van der Waals surface area contributed by atoms with Gasteiger partial charge in [-0.1, -0.05) is 0 Å². The summed E-state index contributed by atoms with van der Waals surface area (Å²) in [7, 11) is 0. The molecule has 5 heteroatoms. The van der Waals surface area contributed by atoms with Crippen LogP contribution in [0.4, 0.5) is 0 Å². The topological polar surface area (TPSA) is 93.2 Å². The van der Waals surface area contributed by atoms with Crippen molar-refractivity contribution >= 4 is 12.2 Å². The summed E-state index contributed by atoms with van der Waals surface area (Å²) in [5.74, 6) is -0.200. The molecule has 0 bridgehead atoms. The van der Waals surface area contributed by atoms with E-state index in [0.717, 1.165) is 17.4 Å². The lowest BCUT2D eigenvalue weighted by atomic mass is 10.0. The van der Waals surface area contributed by atoms with E-state index in [1.807, 2.05) is 0 Å². The molecule has 1 aromatic rings. The number of fused-ring (bicyclic) bond motifs is 1. The Bertz CT molecular complexity index is 546. The van der Waals surface area contributed by atoms with Crippen molar-refractivity contribution in [3.63, 3.8) is 0 Å². The molecule has 1 aliphatic rings. The SMILES string of the molecule is N#Cc1cc(OCC(N)=O)cc2c1CC(C=O)C2. The first-order valence-electron chi connectivity index (χ1n) is 5.56. The first-order chi connectivity index (χ1) is 8.63. The molecule has 1 atom stereocenters. The molecule has 0 saturated heterocycles. The van der Waals surface area contributed by atoms with Crippen LogP contribution in [0.15, 0.2) is 12.1 Å². The lowest BCUT2D eigenvalue weighted by Gasteiger charge is -2.07. The minimum atomic E-state index is -0.570. The number of primary amides is 1. The number of rotatable bonds is 4. The monoisotopic (exact) mass is 244 g/mol. The predicted octanol–water partition coefficient (Wildman–Crippen LogP) is 0.336. The zero-order chi connectivity index (χ0) is 13.1. The molecule has 0 heterocycles. The summed E-state index contributed by atoms with van der Waals surface area (Å²) in [6.07, 6.45) is 2.12. The Balaban J connectivity index is 2.30. The maximum Gasteiger partial charge on any atom is 0.255 e. The number of ether oxygens (including phenoxy) is 1. The molecule has 1 amide bonds. The van der Waals surface area contributed by atoms with E-state index in [-0.39, 0.29) is 12.5 Å². The molecule has 0 spiro atoms. The second kappa shape index (κ2) is 4.88. The van der Waals surface area contributed by atoms with Crippen LogP contribution in [-0.4, -0.2) is 18.8 Å². The molecule has 5 nitrogen and oxygen atoms in total. The molecule has 0 radical (unpaired) electrons. The molecule has 1 unspecified atom stereocenters.